The lowest BCUT2D eigenvalue weighted by Gasteiger charge is -2.11. The van der Waals surface area contributed by atoms with E-state index >= 15 is 0 Å². The number of amides is 1. The maximum absolute atomic E-state index is 11.2. The van der Waals surface area contributed by atoms with E-state index < -0.39 is 23.6 Å². The highest BCUT2D eigenvalue weighted by Crippen LogP contribution is 1.85. The molecule has 0 atom stereocenters. The van der Waals surface area contributed by atoms with Crippen LogP contribution in [0.5, 0.6) is 0 Å². The smallest absolute Gasteiger partial charge is 0.286 e. The van der Waals surface area contributed by atoms with Crippen LogP contribution in [0.25, 0.3) is 0 Å². The van der Waals surface area contributed by atoms with Gasteiger partial charge in [0, 0.05) is 6.54 Å². The molecule has 1 rings (SSSR count). The Hall–Kier alpha value is -1.96. The lowest BCUT2D eigenvalue weighted by Crippen LogP contribution is -2.41. The van der Waals surface area contributed by atoms with Crippen molar-refractivity contribution in [2.75, 3.05) is 6.54 Å². The van der Waals surface area contributed by atoms with Crippen molar-refractivity contribution in [2.45, 2.75) is 13.5 Å². The van der Waals surface area contributed by atoms with Gasteiger partial charge in [0.25, 0.3) is 5.91 Å². The fourth-order valence-electron chi connectivity index (χ4n) is 0.852. The molecule has 0 aliphatic carbocycles. The summed E-state index contributed by atoms with van der Waals surface area (Å²) in [7, 11) is 0. The standard InChI is InChI=1S/C7H9N4O4/c1-2-11(15)5(12)3-10-4-8-9-6(13)7(10)14/h15H,2-3H2,1H3,(H,9,13). The van der Waals surface area contributed by atoms with Crippen LogP contribution in [0.3, 0.4) is 0 Å². The number of likely N-dealkylation sites (N-methyl/N-ethyl adjacent to an activating group) is 1. The summed E-state index contributed by atoms with van der Waals surface area (Å²) in [4.78, 5) is 33.1. The third kappa shape index (κ3) is 2.50. The molecule has 0 aromatic carbocycles. The van der Waals surface area contributed by atoms with Gasteiger partial charge in [0.1, 0.15) is 6.54 Å². The van der Waals surface area contributed by atoms with E-state index in [0.717, 1.165) is 0 Å². The van der Waals surface area contributed by atoms with E-state index in [2.05, 4.69) is 11.4 Å². The molecule has 0 spiro atoms. The number of aromatic nitrogens is 3. The van der Waals surface area contributed by atoms with Crippen LogP contribution in [0.4, 0.5) is 0 Å². The maximum Gasteiger partial charge on any atom is 0.330 e. The van der Waals surface area contributed by atoms with Crippen LogP contribution in [-0.4, -0.2) is 37.5 Å². The Balaban J connectivity index is 2.91. The zero-order chi connectivity index (χ0) is 11.4. The van der Waals surface area contributed by atoms with E-state index in [4.69, 9.17) is 5.21 Å². The van der Waals surface area contributed by atoms with Crippen molar-refractivity contribution >= 4 is 5.91 Å². The number of aromatic amines is 1. The SMILES string of the molecule is CCN(O)C(=O)Cn1[c]n[nH]c(=O)c1=O. The third-order valence-corrected chi connectivity index (χ3v) is 1.65. The molecule has 8 heteroatoms. The fraction of sp³-hybridized carbons (Fsp3) is 0.429. The Labute approximate surface area is 83.7 Å². The first-order valence-electron chi connectivity index (χ1n) is 4.12. The molecular formula is C7H9N4O4. The van der Waals surface area contributed by atoms with Gasteiger partial charge in [0.15, 0.2) is 0 Å². The van der Waals surface area contributed by atoms with Gasteiger partial charge in [-0.25, -0.2) is 10.2 Å². The number of hydroxylamine groups is 2. The maximum atomic E-state index is 11.2. The zero-order valence-electron chi connectivity index (χ0n) is 7.93. The summed E-state index contributed by atoms with van der Waals surface area (Å²) in [5, 5.41) is 14.5. The van der Waals surface area contributed by atoms with Crippen molar-refractivity contribution in [1.29, 1.82) is 0 Å². The second kappa shape index (κ2) is 4.51. The van der Waals surface area contributed by atoms with E-state index in [9.17, 15) is 14.4 Å². The van der Waals surface area contributed by atoms with Crippen molar-refractivity contribution in [2.24, 2.45) is 0 Å². The van der Waals surface area contributed by atoms with Crippen LogP contribution in [0, 0.1) is 6.33 Å². The number of hydrogen-bond donors (Lipinski definition) is 2. The summed E-state index contributed by atoms with van der Waals surface area (Å²) in [6.07, 6.45) is 2.13. The van der Waals surface area contributed by atoms with E-state index in [1.165, 1.54) is 0 Å². The Kier molecular flexibility index (Phi) is 3.34. The molecule has 0 saturated carbocycles. The molecule has 1 aromatic rings. The van der Waals surface area contributed by atoms with Crippen molar-refractivity contribution in [3.05, 3.63) is 27.0 Å². The molecule has 1 radical (unpaired) electrons. The molecule has 0 saturated heterocycles. The molecule has 0 fully saturated rings. The molecule has 2 N–H and O–H groups in total. The normalized spacial score (nSPS) is 10.0. The number of rotatable bonds is 3. The zero-order valence-corrected chi connectivity index (χ0v) is 7.93. The van der Waals surface area contributed by atoms with Crippen molar-refractivity contribution in [3.8, 4) is 0 Å². The van der Waals surface area contributed by atoms with E-state index in [-0.39, 0.29) is 6.54 Å². The molecule has 15 heavy (non-hydrogen) atoms. The van der Waals surface area contributed by atoms with E-state index in [1.54, 1.807) is 6.92 Å². The topological polar surface area (TPSA) is 108 Å². The minimum atomic E-state index is -0.942. The summed E-state index contributed by atoms with van der Waals surface area (Å²) >= 11 is 0. The molecule has 0 aliphatic heterocycles. The van der Waals surface area contributed by atoms with Gasteiger partial charge < -0.3 is 0 Å². The largest absolute Gasteiger partial charge is 0.330 e. The highest BCUT2D eigenvalue weighted by atomic mass is 16.5. The minimum absolute atomic E-state index is 0.0875. The number of hydrogen-bond acceptors (Lipinski definition) is 5. The molecule has 0 bridgehead atoms. The molecule has 1 aromatic heterocycles. The highest BCUT2D eigenvalue weighted by molar-refractivity contribution is 5.74. The average Bonchev–Trinajstić information content (AvgIpc) is 2.23. The molecule has 1 amide bonds. The van der Waals surface area contributed by atoms with Crippen molar-refractivity contribution < 1.29 is 10.0 Å². The first-order valence-corrected chi connectivity index (χ1v) is 4.12. The molecule has 0 unspecified atom stereocenters. The first kappa shape index (κ1) is 11.1. The fourth-order valence-corrected chi connectivity index (χ4v) is 0.852. The van der Waals surface area contributed by atoms with Crippen LogP contribution in [0.2, 0.25) is 0 Å². The Bertz CT molecular complexity index is 463. The first-order chi connectivity index (χ1) is 7.06. The van der Waals surface area contributed by atoms with Crippen LogP contribution in [-0.2, 0) is 11.3 Å². The van der Waals surface area contributed by atoms with Gasteiger partial charge in [-0.1, -0.05) is 0 Å². The van der Waals surface area contributed by atoms with Crippen LogP contribution in [0.15, 0.2) is 9.59 Å². The van der Waals surface area contributed by atoms with Gasteiger partial charge in [-0.2, -0.15) is 5.10 Å². The van der Waals surface area contributed by atoms with Gasteiger partial charge in [0.05, 0.1) is 0 Å². The average molecular weight is 213 g/mol. The summed E-state index contributed by atoms with van der Waals surface area (Å²) in [5.74, 6) is -0.719. The molecule has 81 valence electrons. The lowest BCUT2D eigenvalue weighted by molar-refractivity contribution is -0.165. The number of carbonyl (C=O) groups is 1. The minimum Gasteiger partial charge on any atom is -0.286 e. The van der Waals surface area contributed by atoms with Crippen LogP contribution in [0.1, 0.15) is 6.92 Å². The quantitative estimate of drug-likeness (QED) is 0.342. The third-order valence-electron chi connectivity index (χ3n) is 1.65. The summed E-state index contributed by atoms with van der Waals surface area (Å²) < 4.78 is 0.694. The molecule has 8 nitrogen and oxygen atoms in total. The Morgan fingerprint density at radius 2 is 2.33 bits per heavy atom. The summed E-state index contributed by atoms with van der Waals surface area (Å²) in [5.41, 5.74) is -1.88. The number of H-pyrrole nitrogens is 1. The van der Waals surface area contributed by atoms with Crippen molar-refractivity contribution in [3.63, 3.8) is 0 Å². The van der Waals surface area contributed by atoms with E-state index in [1.807, 2.05) is 5.10 Å². The van der Waals surface area contributed by atoms with Gasteiger partial charge in [-0.05, 0) is 6.92 Å². The van der Waals surface area contributed by atoms with Crippen LogP contribution < -0.4 is 11.1 Å². The number of carbonyl (C=O) groups excluding carboxylic acids is 1. The Morgan fingerprint density at radius 1 is 1.67 bits per heavy atom. The second-order valence-corrected chi connectivity index (χ2v) is 2.65. The predicted molar refractivity (Wildman–Crippen MR) is 47.1 cm³/mol. The lowest BCUT2D eigenvalue weighted by atomic mass is 10.5. The summed E-state index contributed by atoms with van der Waals surface area (Å²) in [6.45, 7) is 1.17. The highest BCUT2D eigenvalue weighted by Gasteiger charge is 2.11. The molecular weight excluding hydrogens is 204 g/mol. The molecule has 1 heterocycles. The predicted octanol–water partition coefficient (Wildman–Crippen LogP) is -2.03. The van der Waals surface area contributed by atoms with Gasteiger partial charge in [-0.15, -0.1) is 0 Å². The molecule has 0 aliphatic rings. The monoisotopic (exact) mass is 213 g/mol. The second-order valence-electron chi connectivity index (χ2n) is 2.65. The van der Waals surface area contributed by atoms with Gasteiger partial charge in [0.2, 0.25) is 6.33 Å². The summed E-state index contributed by atoms with van der Waals surface area (Å²) in [6, 6.07) is 0. The van der Waals surface area contributed by atoms with Crippen molar-refractivity contribution in [1.82, 2.24) is 19.8 Å². The van der Waals surface area contributed by atoms with E-state index in [0.29, 0.717) is 9.63 Å². The van der Waals surface area contributed by atoms with Gasteiger partial charge >= 0.3 is 11.1 Å². The van der Waals surface area contributed by atoms with Crippen LogP contribution >= 0.6 is 0 Å². The Morgan fingerprint density at radius 3 is 2.93 bits per heavy atom. The number of nitrogens with one attached hydrogen (secondary N) is 1. The van der Waals surface area contributed by atoms with Gasteiger partial charge in [-0.3, -0.25) is 24.2 Å². The number of nitrogens with zero attached hydrogens (tertiary/aromatic N) is 3.